The zero-order valence-corrected chi connectivity index (χ0v) is 11.5. The molecule has 6 heteroatoms. The van der Waals surface area contributed by atoms with Gasteiger partial charge in [0.15, 0.2) is 0 Å². The smallest absolute Gasteiger partial charge is 0.206 e. The van der Waals surface area contributed by atoms with Crippen LogP contribution in [0.15, 0.2) is 16.6 Å². The third-order valence-electron chi connectivity index (χ3n) is 3.20. The highest BCUT2D eigenvalue weighted by molar-refractivity contribution is 7.09. The summed E-state index contributed by atoms with van der Waals surface area (Å²) in [5.74, 6) is 6.20. The summed E-state index contributed by atoms with van der Waals surface area (Å²) in [6.45, 7) is 2.06. The number of nitrogens with one attached hydrogen (secondary N) is 2. The van der Waals surface area contributed by atoms with E-state index in [1.165, 1.54) is 32.1 Å². The van der Waals surface area contributed by atoms with Crippen molar-refractivity contribution in [2.75, 3.05) is 0 Å². The summed E-state index contributed by atoms with van der Waals surface area (Å²) < 4.78 is 0. The van der Waals surface area contributed by atoms with Gasteiger partial charge in [-0.3, -0.25) is 5.43 Å². The molecule has 5 nitrogen and oxygen atoms in total. The number of aliphatic imine (C=N–C) groups is 1. The van der Waals surface area contributed by atoms with Crippen molar-refractivity contribution in [3.05, 3.63) is 16.6 Å². The second-order valence-electron chi connectivity index (χ2n) is 4.65. The third-order valence-corrected chi connectivity index (χ3v) is 4.16. The number of hydrogen-bond donors (Lipinski definition) is 3. The number of nitrogens with two attached hydrogens (primary N) is 1. The van der Waals surface area contributed by atoms with E-state index in [0.717, 1.165) is 5.01 Å². The van der Waals surface area contributed by atoms with Gasteiger partial charge >= 0.3 is 0 Å². The topological polar surface area (TPSA) is 75.3 Å². The predicted molar refractivity (Wildman–Crippen MR) is 75.3 cm³/mol. The Hall–Kier alpha value is -1.14. The molecule has 1 saturated carbocycles. The third kappa shape index (κ3) is 3.68. The predicted octanol–water partition coefficient (Wildman–Crippen LogP) is 1.95. The molecule has 0 saturated heterocycles. The zero-order chi connectivity index (χ0) is 12.8. The molecule has 0 aliphatic heterocycles. The monoisotopic (exact) mass is 267 g/mol. The molecule has 2 rings (SSSR count). The number of guanidine groups is 1. The van der Waals surface area contributed by atoms with Crippen LogP contribution in [0.25, 0.3) is 0 Å². The minimum Gasteiger partial charge on any atom is -0.346 e. The molecule has 1 aliphatic carbocycles. The number of thiazole rings is 1. The molecule has 1 unspecified atom stereocenters. The molecular weight excluding hydrogens is 246 g/mol. The molecule has 1 fully saturated rings. The molecule has 0 radical (unpaired) electrons. The standard InChI is InChI=1S/C12H21N5S/c1-9(11-14-7-8-18-11)15-12(17-13)16-10-5-3-2-4-6-10/h7-10H,2-6,13H2,1H3,(H2,15,16,17). The normalized spacial score (nSPS) is 19.6. The lowest BCUT2D eigenvalue weighted by molar-refractivity contribution is 0.440. The summed E-state index contributed by atoms with van der Waals surface area (Å²) in [5.41, 5.74) is 2.66. The van der Waals surface area contributed by atoms with Crippen molar-refractivity contribution in [2.45, 2.75) is 51.1 Å². The Labute approximate surface area is 112 Å². The maximum atomic E-state index is 5.53. The van der Waals surface area contributed by atoms with Gasteiger partial charge in [-0.2, -0.15) is 0 Å². The van der Waals surface area contributed by atoms with Crippen LogP contribution in [0.5, 0.6) is 0 Å². The van der Waals surface area contributed by atoms with Crippen LogP contribution in [-0.4, -0.2) is 17.0 Å². The van der Waals surface area contributed by atoms with Gasteiger partial charge in [-0.05, 0) is 19.8 Å². The molecule has 1 aliphatic rings. The van der Waals surface area contributed by atoms with Crippen LogP contribution in [0.4, 0.5) is 0 Å². The van der Waals surface area contributed by atoms with E-state index >= 15 is 0 Å². The molecule has 0 spiro atoms. The van der Waals surface area contributed by atoms with E-state index in [0.29, 0.717) is 12.0 Å². The SMILES string of the molecule is CC(NC(=NC1CCCCC1)NN)c1nccs1. The van der Waals surface area contributed by atoms with Gasteiger partial charge in [0.2, 0.25) is 5.96 Å². The summed E-state index contributed by atoms with van der Waals surface area (Å²) >= 11 is 1.63. The van der Waals surface area contributed by atoms with E-state index in [1.54, 1.807) is 11.3 Å². The summed E-state index contributed by atoms with van der Waals surface area (Å²) in [5, 5.41) is 6.29. The first-order valence-corrected chi connectivity index (χ1v) is 7.38. The summed E-state index contributed by atoms with van der Waals surface area (Å²) in [4.78, 5) is 8.93. The van der Waals surface area contributed by atoms with Crippen LogP contribution in [0.3, 0.4) is 0 Å². The van der Waals surface area contributed by atoms with Crippen molar-refractivity contribution in [2.24, 2.45) is 10.8 Å². The van der Waals surface area contributed by atoms with Gasteiger partial charge in [0.25, 0.3) is 0 Å². The van der Waals surface area contributed by atoms with Crippen molar-refractivity contribution < 1.29 is 0 Å². The van der Waals surface area contributed by atoms with Crippen LogP contribution >= 0.6 is 11.3 Å². The summed E-state index contributed by atoms with van der Waals surface area (Å²) in [6, 6.07) is 0.532. The maximum absolute atomic E-state index is 5.53. The zero-order valence-electron chi connectivity index (χ0n) is 10.7. The van der Waals surface area contributed by atoms with E-state index in [-0.39, 0.29) is 6.04 Å². The van der Waals surface area contributed by atoms with E-state index in [4.69, 9.17) is 5.84 Å². The first-order valence-electron chi connectivity index (χ1n) is 6.50. The van der Waals surface area contributed by atoms with E-state index in [1.807, 2.05) is 11.6 Å². The Balaban J connectivity index is 1.93. The van der Waals surface area contributed by atoms with E-state index in [2.05, 4.69) is 27.6 Å². The molecular formula is C12H21N5S. The van der Waals surface area contributed by atoms with Gasteiger partial charge in [-0.15, -0.1) is 11.3 Å². The Morgan fingerprint density at radius 1 is 1.50 bits per heavy atom. The van der Waals surface area contributed by atoms with Crippen LogP contribution in [0, 0.1) is 0 Å². The van der Waals surface area contributed by atoms with Crippen molar-refractivity contribution in [1.82, 2.24) is 15.7 Å². The minimum atomic E-state index is 0.128. The average Bonchev–Trinajstić information content (AvgIpc) is 2.93. The second-order valence-corrected chi connectivity index (χ2v) is 5.58. The van der Waals surface area contributed by atoms with Gasteiger partial charge in [-0.1, -0.05) is 19.3 Å². The Bertz CT molecular complexity index is 370. The van der Waals surface area contributed by atoms with Crippen LogP contribution < -0.4 is 16.6 Å². The lowest BCUT2D eigenvalue weighted by atomic mass is 9.96. The molecule has 0 aromatic carbocycles. The van der Waals surface area contributed by atoms with Crippen molar-refractivity contribution in [3.63, 3.8) is 0 Å². The van der Waals surface area contributed by atoms with Crippen molar-refractivity contribution in [1.29, 1.82) is 0 Å². The van der Waals surface area contributed by atoms with Crippen LogP contribution in [0.2, 0.25) is 0 Å². The van der Waals surface area contributed by atoms with E-state index in [9.17, 15) is 0 Å². The van der Waals surface area contributed by atoms with Gasteiger partial charge < -0.3 is 5.32 Å². The molecule has 1 aromatic rings. The number of hydrazine groups is 1. The average molecular weight is 267 g/mol. The Kier molecular flexibility index (Phi) is 4.95. The summed E-state index contributed by atoms with van der Waals surface area (Å²) in [6.07, 6.45) is 8.02. The van der Waals surface area contributed by atoms with Crippen LogP contribution in [0.1, 0.15) is 50.1 Å². The molecule has 1 atom stereocenters. The first kappa shape index (κ1) is 13.3. The van der Waals surface area contributed by atoms with E-state index < -0.39 is 0 Å². The highest BCUT2D eigenvalue weighted by Crippen LogP contribution is 2.20. The largest absolute Gasteiger partial charge is 0.346 e. The summed E-state index contributed by atoms with van der Waals surface area (Å²) in [7, 11) is 0. The van der Waals surface area contributed by atoms with Crippen molar-refractivity contribution in [3.8, 4) is 0 Å². The van der Waals surface area contributed by atoms with Gasteiger partial charge in [0.1, 0.15) is 5.01 Å². The fourth-order valence-electron chi connectivity index (χ4n) is 2.22. The highest BCUT2D eigenvalue weighted by Gasteiger charge is 2.15. The molecule has 0 bridgehead atoms. The Morgan fingerprint density at radius 3 is 2.89 bits per heavy atom. The number of rotatable bonds is 3. The molecule has 100 valence electrons. The second kappa shape index (κ2) is 6.70. The fourth-order valence-corrected chi connectivity index (χ4v) is 2.87. The Morgan fingerprint density at radius 2 is 2.28 bits per heavy atom. The van der Waals surface area contributed by atoms with Gasteiger partial charge in [0.05, 0.1) is 12.1 Å². The highest BCUT2D eigenvalue weighted by atomic mass is 32.1. The van der Waals surface area contributed by atoms with Crippen molar-refractivity contribution >= 4 is 17.3 Å². The van der Waals surface area contributed by atoms with Gasteiger partial charge in [0, 0.05) is 11.6 Å². The molecule has 1 aromatic heterocycles. The number of hydrogen-bond acceptors (Lipinski definition) is 4. The fraction of sp³-hybridized carbons (Fsp3) is 0.667. The van der Waals surface area contributed by atoms with Gasteiger partial charge in [-0.25, -0.2) is 15.8 Å². The number of aromatic nitrogens is 1. The molecule has 18 heavy (non-hydrogen) atoms. The lowest BCUT2D eigenvalue weighted by Gasteiger charge is -2.21. The lowest BCUT2D eigenvalue weighted by Crippen LogP contribution is -2.43. The quantitative estimate of drug-likeness (QED) is 0.339. The number of nitrogens with zero attached hydrogens (tertiary/aromatic N) is 2. The van der Waals surface area contributed by atoms with Crippen LogP contribution in [-0.2, 0) is 0 Å². The maximum Gasteiger partial charge on any atom is 0.206 e. The molecule has 1 heterocycles. The minimum absolute atomic E-state index is 0.128. The molecule has 4 N–H and O–H groups in total. The first-order chi connectivity index (χ1) is 8.79. The molecule has 0 amide bonds.